The second-order valence-corrected chi connectivity index (χ2v) is 8.30. The molecule has 1 saturated heterocycles. The maximum atomic E-state index is 10.5. The van der Waals surface area contributed by atoms with E-state index in [1.165, 1.54) is 0 Å². The first-order chi connectivity index (χ1) is 13.4. The molecule has 3 aromatic rings. The Kier molecular flexibility index (Phi) is 4.77. The van der Waals surface area contributed by atoms with Crippen LogP contribution >= 0.6 is 0 Å². The zero-order valence-corrected chi connectivity index (χ0v) is 16.5. The smallest absolute Gasteiger partial charge is 0.147 e. The van der Waals surface area contributed by atoms with Crippen molar-refractivity contribution in [3.63, 3.8) is 0 Å². The summed E-state index contributed by atoms with van der Waals surface area (Å²) in [5, 5.41) is 20.8. The van der Waals surface area contributed by atoms with Gasteiger partial charge in [0.05, 0.1) is 24.3 Å². The third kappa shape index (κ3) is 3.99. The van der Waals surface area contributed by atoms with Crippen LogP contribution in [0, 0.1) is 0 Å². The number of phenolic OH excluding ortho intramolecular Hbond substituents is 1. The zero-order chi connectivity index (χ0) is 19.7. The molecule has 3 N–H and O–H groups in total. The van der Waals surface area contributed by atoms with Crippen LogP contribution in [0.2, 0.25) is 0 Å². The highest BCUT2D eigenvalue weighted by atomic mass is 16.3. The van der Waals surface area contributed by atoms with E-state index in [4.69, 9.17) is 0 Å². The van der Waals surface area contributed by atoms with Crippen molar-refractivity contribution in [2.75, 3.05) is 18.0 Å². The average Bonchev–Trinajstić information content (AvgIpc) is 3.32. The van der Waals surface area contributed by atoms with E-state index in [0.29, 0.717) is 17.3 Å². The van der Waals surface area contributed by atoms with Gasteiger partial charge < -0.3 is 15.3 Å². The molecule has 146 valence electrons. The number of rotatable bonds is 4. The predicted molar refractivity (Wildman–Crippen MR) is 110 cm³/mol. The predicted octanol–water partition coefficient (Wildman–Crippen LogP) is 3.21. The minimum absolute atomic E-state index is 0.108. The zero-order valence-electron chi connectivity index (χ0n) is 16.5. The molecule has 1 aromatic carbocycles. The molecule has 0 radical (unpaired) electrons. The number of hydrogen-bond acceptors (Lipinski definition) is 6. The largest absolute Gasteiger partial charge is 0.507 e. The van der Waals surface area contributed by atoms with Gasteiger partial charge in [-0.3, -0.25) is 10.1 Å². The number of anilines is 1. The number of H-pyrrole nitrogens is 1. The van der Waals surface area contributed by atoms with Crippen molar-refractivity contribution in [2.45, 2.75) is 38.8 Å². The first-order valence-electron chi connectivity index (χ1n) is 9.56. The van der Waals surface area contributed by atoms with Gasteiger partial charge in [-0.2, -0.15) is 5.10 Å². The molecule has 0 saturated carbocycles. The normalized spacial score (nSPS) is 17.2. The lowest BCUT2D eigenvalue weighted by Crippen LogP contribution is -2.44. The molecule has 0 bridgehead atoms. The minimum atomic E-state index is 0.108. The van der Waals surface area contributed by atoms with E-state index in [-0.39, 0.29) is 11.3 Å². The highest BCUT2D eigenvalue weighted by Crippen LogP contribution is 2.32. The van der Waals surface area contributed by atoms with Crippen molar-refractivity contribution in [2.24, 2.45) is 0 Å². The molecule has 7 heteroatoms. The van der Waals surface area contributed by atoms with E-state index in [1.807, 2.05) is 12.1 Å². The number of nitrogens with zero attached hydrogens (tertiary/aromatic N) is 4. The van der Waals surface area contributed by atoms with Gasteiger partial charge in [-0.25, -0.2) is 4.98 Å². The van der Waals surface area contributed by atoms with Gasteiger partial charge in [0.1, 0.15) is 11.6 Å². The Labute approximate surface area is 164 Å². The van der Waals surface area contributed by atoms with Crippen LogP contribution in [-0.2, 0) is 0 Å². The Hall–Kier alpha value is -2.93. The molecular weight excluding hydrogens is 352 g/mol. The van der Waals surface area contributed by atoms with Crippen LogP contribution in [0.3, 0.4) is 0 Å². The summed E-state index contributed by atoms with van der Waals surface area (Å²) in [6, 6.07) is 5.99. The monoisotopic (exact) mass is 378 g/mol. The van der Waals surface area contributed by atoms with Crippen LogP contribution in [0.15, 0.2) is 43.0 Å². The lowest BCUT2D eigenvalue weighted by atomic mass is 10.0. The Morgan fingerprint density at radius 2 is 2.00 bits per heavy atom. The van der Waals surface area contributed by atoms with Gasteiger partial charge in [-0.1, -0.05) is 6.07 Å². The Bertz CT molecular complexity index is 931. The summed E-state index contributed by atoms with van der Waals surface area (Å²) in [7, 11) is 0. The Morgan fingerprint density at radius 3 is 2.64 bits per heavy atom. The van der Waals surface area contributed by atoms with Gasteiger partial charge in [-0.05, 0) is 44.9 Å². The number of benzene rings is 1. The molecule has 2 aromatic heterocycles. The summed E-state index contributed by atoms with van der Waals surface area (Å²) in [5.74, 6) is 1.05. The molecular formula is C21H26N6O. The third-order valence-electron chi connectivity index (χ3n) is 4.89. The number of phenols is 1. The summed E-state index contributed by atoms with van der Waals surface area (Å²) in [4.78, 5) is 11.4. The molecule has 0 aliphatic carbocycles. The standard InChI is InChI=1S/C21H26N6O/c1-21(2,3)26-16-6-7-27(13-16)20-12-22-18(11-23-20)17-5-4-14(8-19(17)28)15-9-24-25-10-15/h4-5,8-12,16,26,28H,6-7,13H2,1-3H3,(H,24,25). The van der Waals surface area contributed by atoms with E-state index >= 15 is 0 Å². The van der Waals surface area contributed by atoms with Crippen molar-refractivity contribution < 1.29 is 5.11 Å². The van der Waals surface area contributed by atoms with E-state index < -0.39 is 0 Å². The summed E-state index contributed by atoms with van der Waals surface area (Å²) in [6.45, 7) is 8.46. The molecule has 0 amide bonds. The van der Waals surface area contributed by atoms with Crippen LogP contribution in [0.4, 0.5) is 5.82 Å². The van der Waals surface area contributed by atoms with Crippen LogP contribution in [0.25, 0.3) is 22.4 Å². The fourth-order valence-electron chi connectivity index (χ4n) is 3.66. The van der Waals surface area contributed by atoms with Crippen molar-refractivity contribution >= 4 is 5.82 Å². The van der Waals surface area contributed by atoms with Crippen LogP contribution < -0.4 is 10.2 Å². The summed E-state index contributed by atoms with van der Waals surface area (Å²) in [5.41, 5.74) is 3.25. The number of aromatic nitrogens is 4. The van der Waals surface area contributed by atoms with Crippen molar-refractivity contribution in [1.82, 2.24) is 25.5 Å². The molecule has 1 fully saturated rings. The first kappa shape index (κ1) is 18.4. The SMILES string of the molecule is CC(C)(C)NC1CCN(c2cnc(-c3ccc(-c4cn[nH]c4)cc3O)cn2)C1. The van der Waals surface area contributed by atoms with E-state index in [1.54, 1.807) is 30.9 Å². The molecule has 1 aliphatic heterocycles. The summed E-state index contributed by atoms with van der Waals surface area (Å²) in [6.07, 6.45) is 8.13. The van der Waals surface area contributed by atoms with Crippen molar-refractivity contribution in [3.05, 3.63) is 43.0 Å². The van der Waals surface area contributed by atoms with Gasteiger partial charge in [-0.15, -0.1) is 0 Å². The number of aromatic amines is 1. The van der Waals surface area contributed by atoms with E-state index in [9.17, 15) is 5.11 Å². The minimum Gasteiger partial charge on any atom is -0.507 e. The lowest BCUT2D eigenvalue weighted by Gasteiger charge is -2.26. The van der Waals surface area contributed by atoms with Gasteiger partial charge in [0.25, 0.3) is 0 Å². The second kappa shape index (κ2) is 7.24. The number of hydrogen-bond donors (Lipinski definition) is 3. The molecule has 3 heterocycles. The maximum absolute atomic E-state index is 10.5. The second-order valence-electron chi connectivity index (χ2n) is 8.30. The fraction of sp³-hybridized carbons (Fsp3) is 0.381. The topological polar surface area (TPSA) is 90.0 Å². The molecule has 1 aliphatic rings. The molecule has 1 unspecified atom stereocenters. The summed E-state index contributed by atoms with van der Waals surface area (Å²) >= 11 is 0. The highest BCUT2D eigenvalue weighted by molar-refractivity contribution is 5.73. The Morgan fingerprint density at radius 1 is 1.14 bits per heavy atom. The van der Waals surface area contributed by atoms with Gasteiger partial charge in [0.2, 0.25) is 0 Å². The van der Waals surface area contributed by atoms with E-state index in [2.05, 4.69) is 51.2 Å². The first-order valence-corrected chi connectivity index (χ1v) is 9.56. The fourth-order valence-corrected chi connectivity index (χ4v) is 3.66. The maximum Gasteiger partial charge on any atom is 0.147 e. The van der Waals surface area contributed by atoms with Crippen LogP contribution in [-0.4, -0.2) is 49.9 Å². The number of aromatic hydroxyl groups is 1. The van der Waals surface area contributed by atoms with E-state index in [0.717, 1.165) is 36.5 Å². The van der Waals surface area contributed by atoms with Crippen LogP contribution in [0.1, 0.15) is 27.2 Å². The van der Waals surface area contributed by atoms with Gasteiger partial charge in [0, 0.05) is 42.0 Å². The highest BCUT2D eigenvalue weighted by Gasteiger charge is 2.26. The number of nitrogens with one attached hydrogen (secondary N) is 2. The van der Waals surface area contributed by atoms with Gasteiger partial charge in [0.15, 0.2) is 0 Å². The lowest BCUT2D eigenvalue weighted by molar-refractivity contribution is 0.373. The van der Waals surface area contributed by atoms with Crippen LogP contribution in [0.5, 0.6) is 5.75 Å². The molecule has 0 spiro atoms. The van der Waals surface area contributed by atoms with Gasteiger partial charge >= 0.3 is 0 Å². The molecule has 28 heavy (non-hydrogen) atoms. The molecule has 1 atom stereocenters. The summed E-state index contributed by atoms with van der Waals surface area (Å²) < 4.78 is 0. The Balaban J connectivity index is 1.48. The van der Waals surface area contributed by atoms with Crippen molar-refractivity contribution in [1.29, 1.82) is 0 Å². The average molecular weight is 378 g/mol. The molecule has 4 rings (SSSR count). The quantitative estimate of drug-likeness (QED) is 0.646. The van der Waals surface area contributed by atoms with Crippen molar-refractivity contribution in [3.8, 4) is 28.1 Å². The molecule has 7 nitrogen and oxygen atoms in total. The third-order valence-corrected chi connectivity index (χ3v) is 4.89.